The molecule has 8 nitrogen and oxygen atoms in total. The smallest absolute Gasteiger partial charge is 0.326 e. The average Bonchev–Trinajstić information content (AvgIpc) is 2.78. The van der Waals surface area contributed by atoms with Gasteiger partial charge in [0.2, 0.25) is 5.91 Å². The first kappa shape index (κ1) is 27.1. The Morgan fingerprint density at radius 2 is 2.03 bits per heavy atom. The molecular weight excluding hydrogens is 420 g/mol. The fourth-order valence-electron chi connectivity index (χ4n) is 4.08. The van der Waals surface area contributed by atoms with Gasteiger partial charge in [-0.15, -0.1) is 0 Å². The number of nitrogens with one attached hydrogen (secondary N) is 2. The van der Waals surface area contributed by atoms with Gasteiger partial charge in [0.25, 0.3) is 0 Å². The highest BCUT2D eigenvalue weighted by Gasteiger charge is 2.22. The molecule has 0 bridgehead atoms. The summed E-state index contributed by atoms with van der Waals surface area (Å²) in [4.78, 5) is 30.7. The Hall–Kier alpha value is -2.19. The molecule has 1 aromatic heterocycles. The number of unbranched alkanes of at least 4 members (excludes halogenated alkanes) is 1. The van der Waals surface area contributed by atoms with Gasteiger partial charge < -0.3 is 25.4 Å². The maximum Gasteiger partial charge on any atom is 0.326 e. The van der Waals surface area contributed by atoms with Gasteiger partial charge in [0, 0.05) is 38.9 Å². The first-order valence-electron chi connectivity index (χ1n) is 12.3. The van der Waals surface area contributed by atoms with Gasteiger partial charge in [-0.25, -0.2) is 9.78 Å². The van der Waals surface area contributed by atoms with Crippen molar-refractivity contribution < 1.29 is 19.4 Å². The van der Waals surface area contributed by atoms with Crippen LogP contribution in [0.5, 0.6) is 0 Å². The fraction of sp³-hybridized carbons (Fsp3) is 0.720. The molecule has 0 radical (unpaired) electrons. The molecule has 1 aromatic rings. The maximum atomic E-state index is 12.1. The van der Waals surface area contributed by atoms with Crippen LogP contribution in [0.4, 0.5) is 5.82 Å². The van der Waals surface area contributed by atoms with Gasteiger partial charge >= 0.3 is 5.97 Å². The number of methoxy groups -OCH3 is 1. The number of aromatic nitrogens is 1. The van der Waals surface area contributed by atoms with E-state index in [0.717, 1.165) is 63.3 Å². The molecule has 2 atom stereocenters. The van der Waals surface area contributed by atoms with Gasteiger partial charge in [0.1, 0.15) is 11.9 Å². The highest BCUT2D eigenvalue weighted by molar-refractivity contribution is 5.83. The third-order valence-corrected chi connectivity index (χ3v) is 5.99. The Bertz CT molecular complexity index is 756. The number of rotatable bonds is 15. The summed E-state index contributed by atoms with van der Waals surface area (Å²) in [5.41, 5.74) is 2.41. The number of fused-ring (bicyclic) bond motifs is 1. The van der Waals surface area contributed by atoms with Crippen LogP contribution in [0, 0.1) is 5.92 Å². The molecule has 3 N–H and O–H groups in total. The maximum absolute atomic E-state index is 12.1. The summed E-state index contributed by atoms with van der Waals surface area (Å²) in [5.74, 6) is 0.0348. The van der Waals surface area contributed by atoms with Crippen molar-refractivity contribution in [3.63, 3.8) is 0 Å². The van der Waals surface area contributed by atoms with E-state index in [-0.39, 0.29) is 17.9 Å². The monoisotopic (exact) mass is 462 g/mol. The second-order valence-electron chi connectivity index (χ2n) is 9.49. The zero-order chi connectivity index (χ0) is 24.2. The number of aryl methyl sites for hydroxylation is 2. The highest BCUT2D eigenvalue weighted by atomic mass is 16.5. The number of amides is 1. The SMILES string of the molecule is COC(C)CN(CCCCc1ccc2c(n1)NCCC2)CCC(NC(=O)CC(C)C)C(=O)O. The number of hydrogen-bond donors (Lipinski definition) is 3. The molecule has 0 fully saturated rings. The second kappa shape index (κ2) is 14.2. The van der Waals surface area contributed by atoms with Gasteiger partial charge in [-0.3, -0.25) is 4.79 Å². The van der Waals surface area contributed by atoms with Crippen LogP contribution in [-0.2, 0) is 27.2 Å². The average molecular weight is 463 g/mol. The molecule has 1 aliphatic rings. The van der Waals surface area contributed by atoms with Gasteiger partial charge in [-0.1, -0.05) is 19.9 Å². The standard InChI is InChI=1S/C25H42N4O4/c1-18(2)16-23(30)28-22(25(31)32)12-15-29(17-19(3)33-4)14-6-5-9-21-11-10-20-8-7-13-26-24(20)27-21/h10-11,18-19,22H,5-9,12-17H2,1-4H3,(H,26,27)(H,28,30)(H,31,32). The molecule has 1 aliphatic heterocycles. The molecule has 2 rings (SSSR count). The Labute approximate surface area is 198 Å². The Balaban J connectivity index is 1.83. The van der Waals surface area contributed by atoms with Crippen LogP contribution in [0.2, 0.25) is 0 Å². The summed E-state index contributed by atoms with van der Waals surface area (Å²) in [6, 6.07) is 3.45. The van der Waals surface area contributed by atoms with Crippen molar-refractivity contribution in [2.24, 2.45) is 5.92 Å². The van der Waals surface area contributed by atoms with Crippen LogP contribution in [0.3, 0.4) is 0 Å². The summed E-state index contributed by atoms with van der Waals surface area (Å²) in [6.07, 6.45) is 5.93. The highest BCUT2D eigenvalue weighted by Crippen LogP contribution is 2.20. The van der Waals surface area contributed by atoms with Crippen LogP contribution in [0.25, 0.3) is 0 Å². The number of pyridine rings is 1. The third kappa shape index (κ3) is 10.1. The number of nitrogens with zero attached hydrogens (tertiary/aromatic N) is 2. The molecule has 1 amide bonds. The molecular formula is C25H42N4O4. The van der Waals surface area contributed by atoms with E-state index in [1.807, 2.05) is 20.8 Å². The van der Waals surface area contributed by atoms with E-state index >= 15 is 0 Å². The number of hydrogen-bond acceptors (Lipinski definition) is 6. The number of carbonyl (C=O) groups excluding carboxylic acids is 1. The molecule has 0 spiro atoms. The number of ether oxygens (including phenoxy) is 1. The fourth-order valence-corrected chi connectivity index (χ4v) is 4.08. The van der Waals surface area contributed by atoms with E-state index in [1.54, 1.807) is 7.11 Å². The normalized spacial score (nSPS) is 15.1. The molecule has 186 valence electrons. The van der Waals surface area contributed by atoms with Gasteiger partial charge in [-0.2, -0.15) is 0 Å². The zero-order valence-electron chi connectivity index (χ0n) is 20.7. The Morgan fingerprint density at radius 1 is 1.24 bits per heavy atom. The first-order chi connectivity index (χ1) is 15.8. The quantitative estimate of drug-likeness (QED) is 0.344. The second-order valence-corrected chi connectivity index (χ2v) is 9.49. The van der Waals surface area contributed by atoms with Crippen molar-refractivity contribution >= 4 is 17.7 Å². The predicted molar refractivity (Wildman–Crippen MR) is 131 cm³/mol. The van der Waals surface area contributed by atoms with E-state index in [1.165, 1.54) is 5.56 Å². The van der Waals surface area contributed by atoms with Gasteiger partial charge in [0.05, 0.1) is 6.10 Å². The van der Waals surface area contributed by atoms with E-state index < -0.39 is 12.0 Å². The predicted octanol–water partition coefficient (Wildman–Crippen LogP) is 3.10. The van der Waals surface area contributed by atoms with Gasteiger partial charge in [-0.05, 0) is 69.5 Å². The van der Waals surface area contributed by atoms with E-state index in [4.69, 9.17) is 9.72 Å². The number of anilines is 1. The summed E-state index contributed by atoms with van der Waals surface area (Å²) in [5, 5.41) is 15.6. The lowest BCUT2D eigenvalue weighted by molar-refractivity contribution is -0.142. The molecule has 0 aromatic carbocycles. The minimum atomic E-state index is -0.987. The lowest BCUT2D eigenvalue weighted by Gasteiger charge is -2.26. The molecule has 0 saturated heterocycles. The van der Waals surface area contributed by atoms with Crippen molar-refractivity contribution in [2.75, 3.05) is 38.6 Å². The lowest BCUT2D eigenvalue weighted by Crippen LogP contribution is -2.44. The first-order valence-corrected chi connectivity index (χ1v) is 12.3. The van der Waals surface area contributed by atoms with Crippen molar-refractivity contribution in [3.05, 3.63) is 23.4 Å². The Kier molecular flexibility index (Phi) is 11.6. The number of aliphatic carboxylic acids is 1. The number of carbonyl (C=O) groups is 2. The summed E-state index contributed by atoms with van der Waals surface area (Å²) in [6.45, 7) is 9.06. The van der Waals surface area contributed by atoms with Crippen molar-refractivity contribution in [1.82, 2.24) is 15.2 Å². The number of carboxylic acids is 1. The number of carboxylic acid groups (broad SMARTS) is 1. The van der Waals surface area contributed by atoms with Crippen LogP contribution < -0.4 is 10.6 Å². The molecule has 0 saturated carbocycles. The molecule has 2 unspecified atom stereocenters. The summed E-state index contributed by atoms with van der Waals surface area (Å²) >= 11 is 0. The molecule has 8 heteroatoms. The summed E-state index contributed by atoms with van der Waals surface area (Å²) < 4.78 is 5.43. The minimum absolute atomic E-state index is 0.0530. The van der Waals surface area contributed by atoms with Crippen molar-refractivity contribution in [2.45, 2.75) is 77.9 Å². The lowest BCUT2D eigenvalue weighted by atomic mass is 10.1. The van der Waals surface area contributed by atoms with E-state index in [2.05, 4.69) is 27.7 Å². The van der Waals surface area contributed by atoms with Crippen LogP contribution in [-0.4, -0.2) is 72.3 Å². The van der Waals surface area contributed by atoms with E-state index in [0.29, 0.717) is 19.4 Å². The van der Waals surface area contributed by atoms with E-state index in [9.17, 15) is 14.7 Å². The van der Waals surface area contributed by atoms with Crippen molar-refractivity contribution in [3.8, 4) is 0 Å². The third-order valence-electron chi connectivity index (χ3n) is 5.99. The molecule has 2 heterocycles. The van der Waals surface area contributed by atoms with Crippen LogP contribution in [0.1, 0.15) is 64.1 Å². The molecule has 33 heavy (non-hydrogen) atoms. The minimum Gasteiger partial charge on any atom is -0.480 e. The largest absolute Gasteiger partial charge is 0.480 e. The Morgan fingerprint density at radius 3 is 2.73 bits per heavy atom. The topological polar surface area (TPSA) is 104 Å². The van der Waals surface area contributed by atoms with Crippen LogP contribution in [0.15, 0.2) is 12.1 Å². The van der Waals surface area contributed by atoms with Crippen molar-refractivity contribution in [1.29, 1.82) is 0 Å². The summed E-state index contributed by atoms with van der Waals surface area (Å²) in [7, 11) is 1.69. The van der Waals surface area contributed by atoms with Gasteiger partial charge in [0.15, 0.2) is 0 Å². The molecule has 0 aliphatic carbocycles. The zero-order valence-corrected chi connectivity index (χ0v) is 20.7. The van der Waals surface area contributed by atoms with Crippen LogP contribution >= 0.6 is 0 Å².